The van der Waals surface area contributed by atoms with Crippen molar-refractivity contribution in [3.8, 4) is 11.5 Å². The van der Waals surface area contributed by atoms with Gasteiger partial charge in [0.2, 0.25) is 0 Å². The largest absolute Gasteiger partial charge is 0.503 e. The van der Waals surface area contributed by atoms with Gasteiger partial charge < -0.3 is 24.2 Å². The minimum absolute atomic E-state index is 0.100. The molecule has 1 atom stereocenters. The predicted octanol–water partition coefficient (Wildman–Crippen LogP) is 2.41. The van der Waals surface area contributed by atoms with Crippen LogP contribution in [-0.2, 0) is 14.3 Å². The molecular formula is C20H25NO6. The summed E-state index contributed by atoms with van der Waals surface area (Å²) in [6.45, 7) is 0.853. The van der Waals surface area contributed by atoms with Gasteiger partial charge in [0.25, 0.3) is 5.91 Å². The van der Waals surface area contributed by atoms with E-state index in [2.05, 4.69) is 0 Å². The van der Waals surface area contributed by atoms with Crippen LogP contribution in [0.15, 0.2) is 29.5 Å². The molecule has 1 aliphatic heterocycles. The number of rotatable bonds is 9. The highest BCUT2D eigenvalue weighted by atomic mass is 16.5. The molecule has 0 aromatic heterocycles. The van der Waals surface area contributed by atoms with Gasteiger partial charge in [0.15, 0.2) is 23.0 Å². The minimum Gasteiger partial charge on any atom is -0.503 e. The summed E-state index contributed by atoms with van der Waals surface area (Å²) in [6, 6.07) is 4.64. The summed E-state index contributed by atoms with van der Waals surface area (Å²) in [7, 11) is 4.66. The zero-order valence-electron chi connectivity index (χ0n) is 15.9. The maximum Gasteiger partial charge on any atom is 0.290 e. The van der Waals surface area contributed by atoms with Crippen molar-refractivity contribution in [1.29, 1.82) is 0 Å². The van der Waals surface area contributed by atoms with E-state index in [0.29, 0.717) is 36.6 Å². The first-order valence-corrected chi connectivity index (χ1v) is 9.02. The quantitative estimate of drug-likeness (QED) is 0.667. The molecule has 7 nitrogen and oxygen atoms in total. The minimum atomic E-state index is -0.637. The number of aliphatic hydroxyl groups is 1. The number of carbonyl (C=O) groups excluding carboxylic acids is 2. The number of amides is 1. The molecule has 1 N–H and O–H groups in total. The number of ether oxygens (including phenoxy) is 3. The molecule has 2 aliphatic rings. The molecule has 1 fully saturated rings. The molecule has 146 valence electrons. The van der Waals surface area contributed by atoms with Gasteiger partial charge >= 0.3 is 0 Å². The molecule has 1 amide bonds. The fourth-order valence-electron chi connectivity index (χ4n) is 3.45. The second-order valence-corrected chi connectivity index (χ2v) is 6.76. The standard InChI is InChI=1S/C20H25NO6/c1-25-10-4-9-21-17(13-7-8-14(26-2)15(11-13)27-3)16(19(23)20(21)24)18(22)12-5-6-12/h7-8,11-12,17,23H,4-6,9-10H2,1-3H3. The lowest BCUT2D eigenvalue weighted by molar-refractivity contribution is -0.129. The molecule has 0 radical (unpaired) electrons. The second kappa shape index (κ2) is 8.00. The van der Waals surface area contributed by atoms with Crippen LogP contribution in [-0.4, -0.2) is 56.2 Å². The lowest BCUT2D eigenvalue weighted by Crippen LogP contribution is -2.32. The van der Waals surface area contributed by atoms with E-state index in [9.17, 15) is 14.7 Å². The van der Waals surface area contributed by atoms with Crippen molar-refractivity contribution in [3.05, 3.63) is 35.1 Å². The average molecular weight is 375 g/mol. The van der Waals surface area contributed by atoms with Gasteiger partial charge in [-0.25, -0.2) is 0 Å². The number of ketones is 1. The molecule has 27 heavy (non-hydrogen) atoms. The van der Waals surface area contributed by atoms with Crippen LogP contribution in [0.2, 0.25) is 0 Å². The van der Waals surface area contributed by atoms with Crippen LogP contribution in [0.5, 0.6) is 11.5 Å². The number of carbonyl (C=O) groups is 2. The smallest absolute Gasteiger partial charge is 0.290 e. The van der Waals surface area contributed by atoms with Crippen LogP contribution < -0.4 is 9.47 Å². The Hall–Kier alpha value is -2.54. The van der Waals surface area contributed by atoms with Gasteiger partial charge in [-0.1, -0.05) is 6.07 Å². The second-order valence-electron chi connectivity index (χ2n) is 6.76. The number of benzene rings is 1. The summed E-state index contributed by atoms with van der Waals surface area (Å²) >= 11 is 0. The highest BCUT2D eigenvalue weighted by molar-refractivity contribution is 6.10. The fraction of sp³-hybridized carbons (Fsp3) is 0.500. The zero-order chi connectivity index (χ0) is 19.6. The van der Waals surface area contributed by atoms with Gasteiger partial charge in [-0.05, 0) is 37.0 Å². The summed E-state index contributed by atoms with van der Waals surface area (Å²) in [4.78, 5) is 27.0. The first-order chi connectivity index (χ1) is 13.0. The molecule has 1 unspecified atom stereocenters. The van der Waals surface area contributed by atoms with Crippen molar-refractivity contribution in [2.75, 3.05) is 34.5 Å². The molecule has 7 heteroatoms. The molecule has 0 spiro atoms. The van der Waals surface area contributed by atoms with E-state index in [1.165, 1.54) is 12.0 Å². The van der Waals surface area contributed by atoms with Gasteiger partial charge in [-0.15, -0.1) is 0 Å². The summed E-state index contributed by atoms with van der Waals surface area (Å²) < 4.78 is 15.7. The van der Waals surface area contributed by atoms with E-state index in [4.69, 9.17) is 14.2 Å². The van der Waals surface area contributed by atoms with Crippen molar-refractivity contribution < 1.29 is 28.9 Å². The van der Waals surface area contributed by atoms with Crippen molar-refractivity contribution in [2.45, 2.75) is 25.3 Å². The molecule has 1 aromatic rings. The van der Waals surface area contributed by atoms with E-state index >= 15 is 0 Å². The number of hydrogen-bond acceptors (Lipinski definition) is 6. The monoisotopic (exact) mass is 375 g/mol. The average Bonchev–Trinajstić information content (AvgIpc) is 3.50. The van der Waals surface area contributed by atoms with E-state index in [-0.39, 0.29) is 17.3 Å². The molecule has 1 aromatic carbocycles. The van der Waals surface area contributed by atoms with Gasteiger partial charge in [-0.2, -0.15) is 0 Å². The van der Waals surface area contributed by atoms with Gasteiger partial charge in [0.1, 0.15) is 0 Å². The van der Waals surface area contributed by atoms with E-state index in [0.717, 1.165) is 12.8 Å². The summed E-state index contributed by atoms with van der Waals surface area (Å²) in [5, 5.41) is 10.5. The van der Waals surface area contributed by atoms with Crippen molar-refractivity contribution in [3.63, 3.8) is 0 Å². The van der Waals surface area contributed by atoms with Crippen LogP contribution in [0.25, 0.3) is 0 Å². The Balaban J connectivity index is 2.01. The summed E-state index contributed by atoms with van der Waals surface area (Å²) in [5.41, 5.74) is 0.888. The Morgan fingerprint density at radius 3 is 2.48 bits per heavy atom. The Bertz CT molecular complexity index is 768. The Morgan fingerprint density at radius 1 is 1.19 bits per heavy atom. The topological polar surface area (TPSA) is 85.3 Å². The normalized spacial score (nSPS) is 19.6. The molecule has 1 aliphatic carbocycles. The van der Waals surface area contributed by atoms with Crippen molar-refractivity contribution in [1.82, 2.24) is 4.90 Å². The third kappa shape index (κ3) is 3.64. The predicted molar refractivity (Wildman–Crippen MR) is 97.9 cm³/mol. The van der Waals surface area contributed by atoms with Gasteiger partial charge in [0.05, 0.1) is 25.8 Å². The third-order valence-electron chi connectivity index (χ3n) is 4.99. The SMILES string of the molecule is COCCCN1C(=O)C(O)=C(C(=O)C2CC2)C1c1ccc(OC)c(OC)c1. The highest BCUT2D eigenvalue weighted by Crippen LogP contribution is 2.44. The number of nitrogens with zero attached hydrogens (tertiary/aromatic N) is 1. The number of methoxy groups -OCH3 is 3. The molecule has 0 saturated heterocycles. The van der Waals surface area contributed by atoms with Gasteiger partial charge in [-0.3, -0.25) is 9.59 Å². The Morgan fingerprint density at radius 2 is 1.89 bits per heavy atom. The van der Waals surface area contributed by atoms with Crippen LogP contribution in [0.1, 0.15) is 30.9 Å². The maximum atomic E-state index is 12.8. The van der Waals surface area contributed by atoms with E-state index in [1.54, 1.807) is 32.4 Å². The first-order valence-electron chi connectivity index (χ1n) is 9.02. The zero-order valence-corrected chi connectivity index (χ0v) is 15.9. The molecule has 0 bridgehead atoms. The molecule has 3 rings (SSSR count). The molecule has 1 saturated carbocycles. The van der Waals surface area contributed by atoms with E-state index in [1.807, 2.05) is 0 Å². The van der Waals surface area contributed by atoms with Crippen LogP contribution in [0.3, 0.4) is 0 Å². The number of hydrogen-bond donors (Lipinski definition) is 1. The lowest BCUT2D eigenvalue weighted by atomic mass is 9.94. The molecule has 1 heterocycles. The van der Waals surface area contributed by atoms with Crippen LogP contribution >= 0.6 is 0 Å². The maximum absolute atomic E-state index is 12.8. The van der Waals surface area contributed by atoms with Crippen molar-refractivity contribution in [2.24, 2.45) is 5.92 Å². The van der Waals surface area contributed by atoms with Crippen molar-refractivity contribution >= 4 is 11.7 Å². The summed E-state index contributed by atoms with van der Waals surface area (Å²) in [5.74, 6) is -0.144. The molecular weight excluding hydrogens is 350 g/mol. The lowest BCUT2D eigenvalue weighted by Gasteiger charge is -2.27. The number of aliphatic hydroxyl groups excluding tert-OH is 1. The van der Waals surface area contributed by atoms with Gasteiger partial charge in [0, 0.05) is 26.2 Å². The summed E-state index contributed by atoms with van der Waals surface area (Å²) in [6.07, 6.45) is 2.20. The van der Waals surface area contributed by atoms with Crippen LogP contribution in [0, 0.1) is 5.92 Å². The Labute approximate surface area is 158 Å². The van der Waals surface area contributed by atoms with Crippen LogP contribution in [0.4, 0.5) is 0 Å². The van der Waals surface area contributed by atoms with E-state index < -0.39 is 17.7 Å². The fourth-order valence-corrected chi connectivity index (χ4v) is 3.45. The highest BCUT2D eigenvalue weighted by Gasteiger charge is 2.46. The number of Topliss-reactive ketones (excluding diaryl/α,β-unsaturated/α-hetero) is 1. The first kappa shape index (κ1) is 19.2. The third-order valence-corrected chi connectivity index (χ3v) is 4.99. The Kier molecular flexibility index (Phi) is 5.70.